The predicted molar refractivity (Wildman–Crippen MR) is 16.3 cm³/mol. The highest BCUT2D eigenvalue weighted by molar-refractivity contribution is 6.19. The van der Waals surface area contributed by atoms with E-state index < -0.39 is 12.0 Å². The Morgan fingerprint density at radius 2 is 1.67 bits per heavy atom. The Morgan fingerprint density at radius 1 is 1.50 bits per heavy atom. The Labute approximate surface area is 38.5 Å². The Hall–Kier alpha value is 0.110. The van der Waals surface area contributed by atoms with Crippen molar-refractivity contribution >= 4 is 11.6 Å². The van der Waals surface area contributed by atoms with Gasteiger partial charge in [0.15, 0.2) is 0 Å². The molecule has 0 aromatic carbocycles. The van der Waals surface area contributed by atoms with Crippen LogP contribution >= 0.6 is 11.6 Å². The Balaban J connectivity index is 2.99. The van der Waals surface area contributed by atoms with Crippen molar-refractivity contribution in [3.63, 3.8) is 0 Å². The summed E-state index contributed by atoms with van der Waals surface area (Å²) in [5, 5.41) is 9.05. The molecule has 0 rings (SSSR count). The molecule has 37 valence electrons. The lowest BCUT2D eigenvalue weighted by atomic mass is 10.8. The standard InChI is InChI=1S/C2H2ClF2O/c3-1(4)2(5)6/h1-2H. The van der Waals surface area contributed by atoms with Gasteiger partial charge in [0.25, 0.3) is 6.36 Å². The molecule has 0 aliphatic carbocycles. The molecule has 0 saturated heterocycles. The lowest BCUT2D eigenvalue weighted by Crippen LogP contribution is -2.05. The van der Waals surface area contributed by atoms with Crippen LogP contribution < -0.4 is 0 Å². The van der Waals surface area contributed by atoms with Crippen molar-refractivity contribution in [1.29, 1.82) is 0 Å². The minimum absolute atomic E-state index is 2.40. The number of rotatable bonds is 1. The van der Waals surface area contributed by atoms with E-state index in [1.807, 2.05) is 0 Å². The molecule has 0 aromatic heterocycles. The predicted octanol–water partition coefficient (Wildman–Crippen LogP) is 1.25. The number of hydrogen-bond acceptors (Lipinski definition) is 0. The zero-order valence-electron chi connectivity index (χ0n) is 2.70. The van der Waals surface area contributed by atoms with Crippen LogP contribution in [-0.4, -0.2) is 12.0 Å². The van der Waals surface area contributed by atoms with Gasteiger partial charge in [-0.3, -0.25) is 0 Å². The molecule has 1 radical (unpaired) electrons. The number of hydrogen-bond donors (Lipinski definition) is 0. The van der Waals surface area contributed by atoms with Crippen LogP contribution in [0.1, 0.15) is 0 Å². The third-order valence-electron chi connectivity index (χ3n) is 0.198. The van der Waals surface area contributed by atoms with Crippen molar-refractivity contribution in [1.82, 2.24) is 0 Å². The monoisotopic (exact) mass is 115 g/mol. The molecule has 0 heterocycles. The fourth-order valence-corrected chi connectivity index (χ4v) is 0. The third-order valence-corrected chi connectivity index (χ3v) is 0.396. The van der Waals surface area contributed by atoms with E-state index in [0.717, 1.165) is 0 Å². The van der Waals surface area contributed by atoms with E-state index in [0.29, 0.717) is 0 Å². The smallest absolute Gasteiger partial charge is 0.224 e. The van der Waals surface area contributed by atoms with Crippen LogP contribution in [0.3, 0.4) is 0 Å². The molecule has 0 saturated carbocycles. The van der Waals surface area contributed by atoms with Crippen molar-refractivity contribution in [3.8, 4) is 0 Å². The fourth-order valence-electron chi connectivity index (χ4n) is 0. The fraction of sp³-hybridized carbons (Fsp3) is 1.00. The Kier molecular flexibility index (Phi) is 2.35. The van der Waals surface area contributed by atoms with Gasteiger partial charge in [0.1, 0.15) is 0 Å². The molecule has 0 aliphatic rings. The molecule has 2 atom stereocenters. The van der Waals surface area contributed by atoms with Crippen molar-refractivity contribution < 1.29 is 13.9 Å². The molecule has 4 heteroatoms. The molecule has 2 unspecified atom stereocenters. The van der Waals surface area contributed by atoms with E-state index in [1.165, 1.54) is 0 Å². The number of alkyl halides is 3. The molecule has 0 amide bonds. The van der Waals surface area contributed by atoms with Crippen LogP contribution in [-0.2, 0) is 5.11 Å². The summed E-state index contributed by atoms with van der Waals surface area (Å²) in [5.74, 6) is 0. The largest absolute Gasteiger partial charge is 0.276 e. The van der Waals surface area contributed by atoms with Crippen LogP contribution in [0.25, 0.3) is 0 Å². The minimum Gasteiger partial charge on any atom is -0.224 e. The molecular weight excluding hydrogens is 113 g/mol. The molecule has 1 nitrogen and oxygen atoms in total. The summed E-state index contributed by atoms with van der Waals surface area (Å²) in [4.78, 5) is 0. The van der Waals surface area contributed by atoms with Crippen molar-refractivity contribution in [2.45, 2.75) is 12.0 Å². The first kappa shape index (κ1) is 6.11. The quantitative estimate of drug-likeness (QED) is 0.459. The summed E-state index contributed by atoms with van der Waals surface area (Å²) in [7, 11) is 0. The molecule has 0 fully saturated rings. The van der Waals surface area contributed by atoms with Crippen LogP contribution in [0.2, 0.25) is 0 Å². The van der Waals surface area contributed by atoms with E-state index >= 15 is 0 Å². The van der Waals surface area contributed by atoms with E-state index in [4.69, 9.17) is 5.11 Å². The highest BCUT2D eigenvalue weighted by Gasteiger charge is 2.13. The average molecular weight is 115 g/mol. The molecule has 0 bridgehead atoms. The normalized spacial score (nSPS) is 20.0. The molecule has 0 aliphatic heterocycles. The van der Waals surface area contributed by atoms with Gasteiger partial charge in [0, 0.05) is 0 Å². The van der Waals surface area contributed by atoms with Gasteiger partial charge in [-0.15, -0.1) is 0 Å². The molecule has 0 N–H and O–H groups in total. The lowest BCUT2D eigenvalue weighted by Gasteiger charge is -1.90. The first-order valence-corrected chi connectivity index (χ1v) is 1.66. The second-order valence-corrected chi connectivity index (χ2v) is 1.10. The second-order valence-electron chi connectivity index (χ2n) is 0.686. The second kappa shape index (κ2) is 2.31. The highest BCUT2D eigenvalue weighted by Crippen LogP contribution is 2.03. The maximum atomic E-state index is 10.9. The zero-order valence-corrected chi connectivity index (χ0v) is 3.45. The summed E-state index contributed by atoms with van der Waals surface area (Å²) in [6.45, 7) is 0. The van der Waals surface area contributed by atoms with Gasteiger partial charge < -0.3 is 0 Å². The lowest BCUT2D eigenvalue weighted by molar-refractivity contribution is -0.0521. The minimum atomic E-state index is -2.80. The van der Waals surface area contributed by atoms with Crippen LogP contribution in [0, 0.1) is 0 Å². The first-order valence-electron chi connectivity index (χ1n) is 1.22. The van der Waals surface area contributed by atoms with Crippen LogP contribution in [0.15, 0.2) is 0 Å². The molecule has 6 heavy (non-hydrogen) atoms. The summed E-state index contributed by atoms with van der Waals surface area (Å²) in [6.07, 6.45) is -2.80. The van der Waals surface area contributed by atoms with Gasteiger partial charge in [-0.25, -0.2) is 8.78 Å². The van der Waals surface area contributed by atoms with E-state index in [1.54, 1.807) is 0 Å². The van der Waals surface area contributed by atoms with E-state index in [-0.39, 0.29) is 0 Å². The molecular formula is C2H2ClF2O. The van der Waals surface area contributed by atoms with Crippen LogP contribution in [0.5, 0.6) is 0 Å². The van der Waals surface area contributed by atoms with Gasteiger partial charge in [-0.1, -0.05) is 11.6 Å². The molecule has 0 aromatic rings. The van der Waals surface area contributed by atoms with E-state index in [2.05, 4.69) is 11.6 Å². The third kappa shape index (κ3) is 2.35. The SMILES string of the molecule is [O]C(F)C(F)Cl. The topological polar surface area (TPSA) is 19.9 Å². The van der Waals surface area contributed by atoms with E-state index in [9.17, 15) is 8.78 Å². The number of halogens is 3. The average Bonchev–Trinajstić information content (AvgIpc) is 1.36. The van der Waals surface area contributed by atoms with Crippen molar-refractivity contribution in [2.24, 2.45) is 0 Å². The van der Waals surface area contributed by atoms with Gasteiger partial charge in [0.05, 0.1) is 0 Å². The Morgan fingerprint density at radius 3 is 1.67 bits per heavy atom. The maximum Gasteiger partial charge on any atom is 0.276 e. The first-order chi connectivity index (χ1) is 2.64. The Bertz CT molecular complexity index is 32.5. The highest BCUT2D eigenvalue weighted by atomic mass is 35.5. The molecule has 0 spiro atoms. The van der Waals surface area contributed by atoms with Gasteiger partial charge in [0.2, 0.25) is 5.63 Å². The van der Waals surface area contributed by atoms with Crippen molar-refractivity contribution in [3.05, 3.63) is 0 Å². The summed E-state index contributed by atoms with van der Waals surface area (Å²) < 4.78 is 21.7. The zero-order chi connectivity index (χ0) is 5.15. The summed E-state index contributed by atoms with van der Waals surface area (Å²) in [6, 6.07) is 0. The summed E-state index contributed by atoms with van der Waals surface area (Å²) in [5.41, 5.74) is -2.40. The van der Waals surface area contributed by atoms with Gasteiger partial charge in [-0.05, 0) is 0 Å². The van der Waals surface area contributed by atoms with Crippen molar-refractivity contribution in [2.75, 3.05) is 0 Å². The maximum absolute atomic E-state index is 10.9. The van der Waals surface area contributed by atoms with Crippen LogP contribution in [0.4, 0.5) is 8.78 Å². The van der Waals surface area contributed by atoms with Gasteiger partial charge in [-0.2, -0.15) is 5.11 Å². The summed E-state index contributed by atoms with van der Waals surface area (Å²) >= 11 is 4.26. The van der Waals surface area contributed by atoms with Gasteiger partial charge >= 0.3 is 0 Å².